The first kappa shape index (κ1) is 11.5. The van der Waals surface area contributed by atoms with Crippen LogP contribution in [0.4, 0.5) is 0 Å². The lowest BCUT2D eigenvalue weighted by molar-refractivity contribution is -0.368. The molecule has 0 bridgehead atoms. The standard InChI is InChI=1S/C10H15N.ClH/c11-9-5-4-8-10-6-2-1-3-7-10;/h1-3,6-7H,4-5,8-9,11H2;1H. The molecule has 3 N–H and O–H groups in total. The molecule has 1 rings (SSSR count). The van der Waals surface area contributed by atoms with E-state index in [-0.39, 0.29) is 12.4 Å². The summed E-state index contributed by atoms with van der Waals surface area (Å²) in [6.45, 7) is 1.06. The van der Waals surface area contributed by atoms with Crippen molar-refractivity contribution < 1.29 is 18.1 Å². The zero-order valence-corrected chi connectivity index (χ0v) is 8.06. The molecule has 1 aromatic carbocycles. The minimum atomic E-state index is 0. The second-order valence-corrected chi connectivity index (χ2v) is 2.80. The van der Waals surface area contributed by atoms with E-state index in [2.05, 4.69) is 36.1 Å². The molecule has 68 valence electrons. The van der Waals surface area contributed by atoms with Crippen LogP contribution in [-0.2, 0) is 6.42 Å². The van der Waals surface area contributed by atoms with E-state index in [1.807, 2.05) is 0 Å². The molecule has 0 heterocycles. The minimum absolute atomic E-state index is 0. The number of quaternary nitrogens is 1. The fourth-order valence-corrected chi connectivity index (χ4v) is 1.15. The van der Waals surface area contributed by atoms with Crippen LogP contribution in [0.25, 0.3) is 0 Å². The van der Waals surface area contributed by atoms with E-state index in [9.17, 15) is 0 Å². The Bertz CT molecular complexity index is 186. The highest BCUT2D eigenvalue weighted by Gasteiger charge is 1.90. The topological polar surface area (TPSA) is 27.6 Å². The van der Waals surface area contributed by atoms with E-state index >= 15 is 0 Å². The molecule has 0 spiro atoms. The molecular weight excluding hydrogens is 170 g/mol. The average molecular weight is 186 g/mol. The van der Waals surface area contributed by atoms with Crippen LogP contribution >= 0.6 is 0 Å². The van der Waals surface area contributed by atoms with E-state index in [1.165, 1.54) is 24.8 Å². The smallest absolute Gasteiger partial charge is 0.0739 e. The first-order chi connectivity index (χ1) is 5.43. The van der Waals surface area contributed by atoms with Crippen LogP contribution in [0.2, 0.25) is 0 Å². The van der Waals surface area contributed by atoms with Crippen LogP contribution in [0.5, 0.6) is 0 Å². The highest BCUT2D eigenvalue weighted by molar-refractivity contribution is 5.14. The lowest BCUT2D eigenvalue weighted by Crippen LogP contribution is -3.00. The van der Waals surface area contributed by atoms with Crippen molar-refractivity contribution in [3.05, 3.63) is 35.9 Å². The first-order valence-corrected chi connectivity index (χ1v) is 4.26. The molecule has 0 amide bonds. The van der Waals surface area contributed by atoms with Gasteiger partial charge in [-0.3, -0.25) is 0 Å². The SMILES string of the molecule is [Cl-].[NH3+]CCCCc1ccccc1. The maximum atomic E-state index is 3.82. The molecule has 0 aliphatic heterocycles. The summed E-state index contributed by atoms with van der Waals surface area (Å²) in [5, 5.41) is 0. The van der Waals surface area contributed by atoms with Crippen LogP contribution in [0.3, 0.4) is 0 Å². The van der Waals surface area contributed by atoms with E-state index in [1.54, 1.807) is 0 Å². The van der Waals surface area contributed by atoms with E-state index in [0.29, 0.717) is 0 Å². The second-order valence-electron chi connectivity index (χ2n) is 2.80. The van der Waals surface area contributed by atoms with Crippen molar-refractivity contribution in [1.29, 1.82) is 0 Å². The summed E-state index contributed by atoms with van der Waals surface area (Å²) >= 11 is 0. The summed E-state index contributed by atoms with van der Waals surface area (Å²) in [6, 6.07) is 10.6. The summed E-state index contributed by atoms with van der Waals surface area (Å²) < 4.78 is 0. The Hall–Kier alpha value is -0.530. The van der Waals surface area contributed by atoms with Gasteiger partial charge < -0.3 is 18.1 Å². The molecule has 0 saturated carbocycles. The lowest BCUT2D eigenvalue weighted by Gasteiger charge is -1.97. The van der Waals surface area contributed by atoms with Crippen LogP contribution in [0.15, 0.2) is 30.3 Å². The lowest BCUT2D eigenvalue weighted by atomic mass is 10.1. The summed E-state index contributed by atoms with van der Waals surface area (Å²) in [7, 11) is 0. The van der Waals surface area contributed by atoms with Gasteiger partial charge in [0.05, 0.1) is 6.54 Å². The fraction of sp³-hybridized carbons (Fsp3) is 0.400. The third-order valence-corrected chi connectivity index (χ3v) is 1.81. The zero-order chi connectivity index (χ0) is 7.94. The first-order valence-electron chi connectivity index (χ1n) is 4.26. The van der Waals surface area contributed by atoms with Gasteiger partial charge in [0.25, 0.3) is 0 Å². The van der Waals surface area contributed by atoms with Gasteiger partial charge in [0.1, 0.15) is 0 Å². The Morgan fingerprint density at radius 1 is 1.00 bits per heavy atom. The van der Waals surface area contributed by atoms with Gasteiger partial charge in [0.2, 0.25) is 0 Å². The highest BCUT2D eigenvalue weighted by atomic mass is 35.5. The van der Waals surface area contributed by atoms with Gasteiger partial charge in [-0.2, -0.15) is 0 Å². The normalized spacial score (nSPS) is 9.08. The number of benzene rings is 1. The molecule has 0 aromatic heterocycles. The molecule has 2 heteroatoms. The van der Waals surface area contributed by atoms with E-state index in [0.717, 1.165) is 6.54 Å². The molecule has 0 atom stereocenters. The number of hydrogen-bond donors (Lipinski definition) is 1. The Labute approximate surface area is 80.4 Å². The number of unbranched alkanes of at least 4 members (excludes halogenated alkanes) is 1. The average Bonchev–Trinajstić information content (AvgIpc) is 2.07. The summed E-state index contributed by atoms with van der Waals surface area (Å²) in [5.41, 5.74) is 5.26. The highest BCUT2D eigenvalue weighted by Crippen LogP contribution is 2.02. The van der Waals surface area contributed by atoms with Gasteiger partial charge in [-0.15, -0.1) is 0 Å². The zero-order valence-electron chi connectivity index (χ0n) is 7.30. The predicted molar refractivity (Wildman–Crippen MR) is 47.1 cm³/mol. The van der Waals surface area contributed by atoms with E-state index in [4.69, 9.17) is 0 Å². The quantitative estimate of drug-likeness (QED) is 0.540. The predicted octanol–water partition coefficient (Wildman–Crippen LogP) is -1.74. The molecule has 0 radical (unpaired) electrons. The Kier molecular flexibility index (Phi) is 6.82. The Balaban J connectivity index is 0.00000121. The van der Waals surface area contributed by atoms with Crippen LogP contribution in [-0.4, -0.2) is 6.54 Å². The van der Waals surface area contributed by atoms with Gasteiger partial charge >= 0.3 is 0 Å². The van der Waals surface area contributed by atoms with E-state index < -0.39 is 0 Å². The molecule has 0 aliphatic carbocycles. The van der Waals surface area contributed by atoms with Crippen molar-refractivity contribution in [2.24, 2.45) is 0 Å². The molecule has 12 heavy (non-hydrogen) atoms. The summed E-state index contributed by atoms with van der Waals surface area (Å²) in [4.78, 5) is 0. The van der Waals surface area contributed by atoms with Crippen molar-refractivity contribution in [3.8, 4) is 0 Å². The largest absolute Gasteiger partial charge is 1.00 e. The molecule has 0 fully saturated rings. The molecule has 0 unspecified atom stereocenters. The number of aryl methyl sites for hydroxylation is 1. The molecule has 0 saturated heterocycles. The third kappa shape index (κ3) is 4.37. The number of hydrogen-bond acceptors (Lipinski definition) is 0. The Morgan fingerprint density at radius 2 is 1.67 bits per heavy atom. The van der Waals surface area contributed by atoms with Crippen LogP contribution in [0.1, 0.15) is 18.4 Å². The maximum absolute atomic E-state index is 3.82. The van der Waals surface area contributed by atoms with Crippen molar-refractivity contribution in [1.82, 2.24) is 0 Å². The van der Waals surface area contributed by atoms with Crippen molar-refractivity contribution in [2.75, 3.05) is 6.54 Å². The van der Waals surface area contributed by atoms with Crippen molar-refractivity contribution >= 4 is 0 Å². The second kappa shape index (κ2) is 7.14. The van der Waals surface area contributed by atoms with Crippen LogP contribution < -0.4 is 18.1 Å². The van der Waals surface area contributed by atoms with Gasteiger partial charge in [-0.05, 0) is 24.8 Å². The van der Waals surface area contributed by atoms with Gasteiger partial charge in [-0.1, -0.05) is 30.3 Å². The maximum Gasteiger partial charge on any atom is 0.0739 e. The van der Waals surface area contributed by atoms with Crippen molar-refractivity contribution in [3.63, 3.8) is 0 Å². The number of rotatable bonds is 4. The Morgan fingerprint density at radius 3 is 2.25 bits per heavy atom. The van der Waals surface area contributed by atoms with Crippen molar-refractivity contribution in [2.45, 2.75) is 19.3 Å². The van der Waals surface area contributed by atoms with Crippen LogP contribution in [0, 0.1) is 0 Å². The minimum Gasteiger partial charge on any atom is -1.00 e. The van der Waals surface area contributed by atoms with Gasteiger partial charge in [0.15, 0.2) is 0 Å². The monoisotopic (exact) mass is 185 g/mol. The van der Waals surface area contributed by atoms with Gasteiger partial charge in [-0.25, -0.2) is 0 Å². The summed E-state index contributed by atoms with van der Waals surface area (Å²) in [6.07, 6.45) is 3.72. The summed E-state index contributed by atoms with van der Waals surface area (Å²) in [5.74, 6) is 0. The number of halogens is 1. The fourth-order valence-electron chi connectivity index (χ4n) is 1.15. The van der Waals surface area contributed by atoms with Gasteiger partial charge in [0, 0.05) is 0 Å². The molecule has 1 nitrogen and oxygen atoms in total. The molecule has 1 aromatic rings. The molecule has 0 aliphatic rings. The third-order valence-electron chi connectivity index (χ3n) is 1.81. The molecular formula is C10H16ClN.